The zero-order chi connectivity index (χ0) is 56.9. The van der Waals surface area contributed by atoms with Crippen molar-refractivity contribution < 1.29 is 30.6 Å². The Morgan fingerprint density at radius 1 is 0.429 bits per heavy atom. The molecule has 0 aromatic heterocycles. The third-order valence-corrected chi connectivity index (χ3v) is 19.8. The van der Waals surface area contributed by atoms with Gasteiger partial charge in [-0.25, -0.2) is 0 Å². The van der Waals surface area contributed by atoms with Crippen molar-refractivity contribution in [2.75, 3.05) is 26.2 Å². The summed E-state index contributed by atoms with van der Waals surface area (Å²) in [6.07, 6.45) is 27.7. The van der Waals surface area contributed by atoms with Gasteiger partial charge in [-0.3, -0.25) is 0 Å². The molecule has 3 saturated carbocycles. The van der Waals surface area contributed by atoms with E-state index >= 15 is 0 Å². The first-order valence-electron chi connectivity index (χ1n) is 31.7. The lowest BCUT2D eigenvalue weighted by Crippen LogP contribution is -2.55. The van der Waals surface area contributed by atoms with Crippen molar-refractivity contribution in [2.45, 2.75) is 295 Å². The Bertz CT molecular complexity index is 1810. The van der Waals surface area contributed by atoms with Crippen molar-refractivity contribution in [3.05, 3.63) is 71.3 Å². The standard InChI is InChI=1S/C14H21NO.C14H20O.C11H21NO.C11H23NO.C9H19NO.C8H16O/c1-11-5-7-12(8-6-11)10-14(2,16)13-4-3-9-15-13;1-14(15,13-9-5-6-10-13)11-12-7-3-2-4-8-12;1-11(13,9-5-2-3-6-9)10-7-4-8-12-10;1-8(2)11(13,9(3)4)10-6-5-7-12-10;1-3-9(11,4-2)8-6-5-7-10-8;1-8(2,9)7-5-3-4-6-7/h5-8,13,15-16H,3-4,9-10H2,1-2H3;2-4,7-8,13,15H,5-6,9-11H2,1H3;9-10,12-13H,2-8H2,1H3;8-10,12-13H,5-7H2,1-4H3;8,10-11H,3-7H2,1-2H3;7,9H,3-6H2,1-2H3/t13-,14+;14-;10-,11+;10-;8-;/m01000./s1. The van der Waals surface area contributed by atoms with Crippen LogP contribution in [0.4, 0.5) is 0 Å². The molecule has 77 heavy (non-hydrogen) atoms. The fourth-order valence-electron chi connectivity index (χ4n) is 14.2. The highest BCUT2D eigenvalue weighted by atomic mass is 16.3. The van der Waals surface area contributed by atoms with Crippen LogP contribution in [0.3, 0.4) is 0 Å². The first-order valence-corrected chi connectivity index (χ1v) is 31.7. The number of hydrogen-bond donors (Lipinski definition) is 10. The predicted molar refractivity (Wildman–Crippen MR) is 323 cm³/mol. The van der Waals surface area contributed by atoms with Gasteiger partial charge in [-0.1, -0.05) is 140 Å². The van der Waals surface area contributed by atoms with Gasteiger partial charge in [0.25, 0.3) is 0 Å². The number of aryl methyl sites for hydroxylation is 1. The first-order chi connectivity index (χ1) is 36.3. The van der Waals surface area contributed by atoms with Crippen LogP contribution in [0.15, 0.2) is 54.6 Å². The summed E-state index contributed by atoms with van der Waals surface area (Å²) in [5.41, 5.74) is 0.723. The van der Waals surface area contributed by atoms with E-state index in [1.54, 1.807) is 0 Å². The number of aliphatic hydroxyl groups is 6. The molecular weight excluding hydrogens is 957 g/mol. The summed E-state index contributed by atoms with van der Waals surface area (Å²) in [5, 5.41) is 75.1. The molecule has 7 fully saturated rings. The fourth-order valence-corrected chi connectivity index (χ4v) is 14.2. The fraction of sp³-hybridized carbons (Fsp3) is 0.821. The lowest BCUT2D eigenvalue weighted by atomic mass is 9.74. The number of nitrogens with one attached hydrogen (secondary N) is 4. The van der Waals surface area contributed by atoms with E-state index in [9.17, 15) is 30.6 Å². The van der Waals surface area contributed by atoms with Gasteiger partial charge in [0.2, 0.25) is 0 Å². The average molecular weight is 1080 g/mol. The van der Waals surface area contributed by atoms with E-state index in [-0.39, 0.29) is 6.04 Å². The number of hydrogen-bond acceptors (Lipinski definition) is 10. The van der Waals surface area contributed by atoms with E-state index in [0.29, 0.717) is 47.7 Å². The molecule has 2 aromatic carbocycles. The van der Waals surface area contributed by atoms with Gasteiger partial charge >= 0.3 is 0 Å². The summed E-state index contributed by atoms with van der Waals surface area (Å²) >= 11 is 0. The van der Waals surface area contributed by atoms with E-state index in [0.717, 1.165) is 77.5 Å². The van der Waals surface area contributed by atoms with Crippen LogP contribution < -0.4 is 21.3 Å². The second-order valence-corrected chi connectivity index (χ2v) is 27.0. The van der Waals surface area contributed by atoms with E-state index in [2.05, 4.69) is 106 Å². The quantitative estimate of drug-likeness (QED) is 0.0829. The van der Waals surface area contributed by atoms with E-state index < -0.39 is 33.6 Å². The number of benzene rings is 2. The molecule has 3 aliphatic carbocycles. The topological polar surface area (TPSA) is 170 Å². The third-order valence-electron chi connectivity index (χ3n) is 19.8. The Kier molecular flexibility index (Phi) is 28.1. The van der Waals surface area contributed by atoms with Gasteiger partial charge in [-0.15, -0.1) is 0 Å². The minimum atomic E-state index is -0.633. The van der Waals surface area contributed by atoms with Gasteiger partial charge in [0.05, 0.1) is 33.6 Å². The Balaban J connectivity index is 0.000000201. The highest BCUT2D eigenvalue weighted by Gasteiger charge is 2.44. The monoisotopic (exact) mass is 1080 g/mol. The Morgan fingerprint density at radius 2 is 0.805 bits per heavy atom. The molecule has 4 heterocycles. The summed E-state index contributed by atoms with van der Waals surface area (Å²) in [7, 11) is 0. The van der Waals surface area contributed by atoms with Gasteiger partial charge in [0.1, 0.15) is 0 Å². The summed E-state index contributed by atoms with van der Waals surface area (Å²) < 4.78 is 0. The van der Waals surface area contributed by atoms with E-state index in [4.69, 9.17) is 0 Å². The second-order valence-electron chi connectivity index (χ2n) is 27.0. The van der Waals surface area contributed by atoms with Crippen molar-refractivity contribution in [1.29, 1.82) is 0 Å². The smallest absolute Gasteiger partial charge is 0.0845 e. The molecule has 10 nitrogen and oxygen atoms in total. The van der Waals surface area contributed by atoms with Crippen LogP contribution in [0, 0.1) is 36.5 Å². The van der Waals surface area contributed by atoms with Crippen LogP contribution in [0.2, 0.25) is 0 Å². The predicted octanol–water partition coefficient (Wildman–Crippen LogP) is 11.9. The molecule has 4 saturated heterocycles. The molecule has 7 atom stereocenters. The minimum absolute atomic E-state index is 0.244. The van der Waals surface area contributed by atoms with Gasteiger partial charge < -0.3 is 51.9 Å². The molecule has 9 rings (SSSR count). The molecule has 10 N–H and O–H groups in total. The second kappa shape index (κ2) is 32.0. The maximum Gasteiger partial charge on any atom is 0.0845 e. The molecule has 4 aliphatic heterocycles. The van der Waals surface area contributed by atoms with Gasteiger partial charge in [0.15, 0.2) is 0 Å². The molecule has 0 amide bonds. The van der Waals surface area contributed by atoms with Crippen molar-refractivity contribution in [2.24, 2.45) is 29.6 Å². The summed E-state index contributed by atoms with van der Waals surface area (Å²) in [6, 6.07) is 20.0. The Labute approximate surface area is 472 Å². The van der Waals surface area contributed by atoms with Crippen LogP contribution in [0.5, 0.6) is 0 Å². The highest BCUT2D eigenvalue weighted by molar-refractivity contribution is 5.23. The number of rotatable bonds is 15. The highest BCUT2D eigenvalue weighted by Crippen LogP contribution is 2.39. The molecule has 7 aliphatic rings. The Hall–Kier alpha value is -1.96. The zero-order valence-electron chi connectivity index (χ0n) is 51.4. The first kappa shape index (κ1) is 67.5. The molecule has 444 valence electrons. The van der Waals surface area contributed by atoms with Gasteiger partial charge in [-0.05, 0) is 211 Å². The van der Waals surface area contributed by atoms with Crippen LogP contribution in [0.25, 0.3) is 0 Å². The van der Waals surface area contributed by atoms with Crippen LogP contribution in [-0.4, -0.2) is 115 Å². The van der Waals surface area contributed by atoms with Crippen molar-refractivity contribution in [3.8, 4) is 0 Å². The maximum atomic E-state index is 10.6. The lowest BCUT2D eigenvalue weighted by molar-refractivity contribution is -0.0729. The van der Waals surface area contributed by atoms with Crippen molar-refractivity contribution >= 4 is 0 Å². The van der Waals surface area contributed by atoms with Crippen LogP contribution >= 0.6 is 0 Å². The summed E-state index contributed by atoms with van der Waals surface area (Å²) in [4.78, 5) is 0. The molecule has 2 aromatic rings. The molecule has 0 spiro atoms. The molecule has 0 unspecified atom stereocenters. The van der Waals surface area contributed by atoms with E-state index in [1.807, 2.05) is 52.8 Å². The van der Waals surface area contributed by atoms with Crippen LogP contribution in [-0.2, 0) is 12.8 Å². The molecule has 0 radical (unpaired) electrons. The van der Waals surface area contributed by atoms with Gasteiger partial charge in [0, 0.05) is 37.0 Å². The summed E-state index contributed by atoms with van der Waals surface area (Å²) in [5.74, 6) is 2.25. The molecule has 0 bridgehead atoms. The minimum Gasteiger partial charge on any atom is -0.390 e. The average Bonchev–Trinajstić information content (AvgIpc) is 4.26. The largest absolute Gasteiger partial charge is 0.390 e. The van der Waals surface area contributed by atoms with E-state index in [1.165, 1.54) is 119 Å². The van der Waals surface area contributed by atoms with Crippen molar-refractivity contribution in [1.82, 2.24) is 21.3 Å². The molecule has 10 heteroatoms. The van der Waals surface area contributed by atoms with Crippen molar-refractivity contribution in [3.63, 3.8) is 0 Å². The zero-order valence-corrected chi connectivity index (χ0v) is 51.4. The maximum absolute atomic E-state index is 10.6. The third kappa shape index (κ3) is 21.1. The normalized spacial score (nSPS) is 25.7. The SMILES string of the molecule is CC(C)(O)C1CCCC1.CC(C)C(O)(C(C)C)[C@@H]1CCCN1.CCC(O)(CC)[C@@H]1CCCN1.C[C@@](O)(C1CCCC1)[C@@H]1CCCN1.C[C@@](O)(Cc1ccccc1)C1CCCC1.Cc1ccc(C[C@@](C)(O)[C@@H]2CCCN2)cc1. The van der Waals surface area contributed by atoms with Gasteiger partial charge in [-0.2, -0.15) is 0 Å². The molecular formula is C67H120N4O6. The van der Waals surface area contributed by atoms with Crippen LogP contribution in [0.1, 0.15) is 234 Å². The lowest BCUT2D eigenvalue weighted by Gasteiger charge is -2.41. The summed E-state index contributed by atoms with van der Waals surface area (Å²) in [6.45, 7) is 28.7. The Morgan fingerprint density at radius 3 is 1.19 bits per heavy atom.